The molecule has 0 aliphatic carbocycles. The molecule has 0 spiro atoms. The maximum Gasteiger partial charge on any atom is 0.261 e. The summed E-state index contributed by atoms with van der Waals surface area (Å²) in [7, 11) is 1.84. The highest BCUT2D eigenvalue weighted by molar-refractivity contribution is 5.97. The Morgan fingerprint density at radius 2 is 1.90 bits per heavy atom. The number of pyridine rings is 1. The van der Waals surface area contributed by atoms with E-state index < -0.39 is 0 Å². The number of amides is 1. The molecule has 1 aliphatic heterocycles. The van der Waals surface area contributed by atoms with Gasteiger partial charge in [0.15, 0.2) is 5.65 Å². The third-order valence-electron chi connectivity index (χ3n) is 5.36. The van der Waals surface area contributed by atoms with Crippen LogP contribution in [0.5, 0.6) is 0 Å². The number of para-hydroxylation sites is 1. The third kappa shape index (κ3) is 2.91. The number of anilines is 1. The zero-order chi connectivity index (χ0) is 20.0. The van der Waals surface area contributed by atoms with Crippen LogP contribution >= 0.6 is 0 Å². The molecule has 1 amide bonds. The molecular formula is C20H19N7O2. The van der Waals surface area contributed by atoms with Crippen LogP contribution in [0.15, 0.2) is 47.7 Å². The van der Waals surface area contributed by atoms with Crippen LogP contribution in [0.1, 0.15) is 10.4 Å². The Kier molecular flexibility index (Phi) is 4.01. The maximum absolute atomic E-state index is 13.0. The van der Waals surface area contributed by atoms with Crippen LogP contribution in [0, 0.1) is 0 Å². The number of hydrogen-bond donors (Lipinski definition) is 1. The summed E-state index contributed by atoms with van der Waals surface area (Å²) in [5.74, 6) is 0.574. The molecule has 9 nitrogen and oxygen atoms in total. The number of aryl methyl sites for hydroxylation is 1. The van der Waals surface area contributed by atoms with Crippen LogP contribution in [-0.4, -0.2) is 61.7 Å². The molecule has 1 aromatic carbocycles. The fourth-order valence-corrected chi connectivity index (χ4v) is 3.80. The Morgan fingerprint density at radius 3 is 2.72 bits per heavy atom. The first-order valence-corrected chi connectivity index (χ1v) is 9.41. The monoisotopic (exact) mass is 389 g/mol. The van der Waals surface area contributed by atoms with Crippen LogP contribution in [0.25, 0.3) is 21.9 Å². The highest BCUT2D eigenvalue weighted by Crippen LogP contribution is 2.23. The summed E-state index contributed by atoms with van der Waals surface area (Å²) in [4.78, 5) is 40.7. The predicted molar refractivity (Wildman–Crippen MR) is 109 cm³/mol. The lowest BCUT2D eigenvalue weighted by molar-refractivity contribution is 0.0745. The summed E-state index contributed by atoms with van der Waals surface area (Å²) in [6.45, 7) is 2.27. The van der Waals surface area contributed by atoms with Gasteiger partial charge in [-0.05, 0) is 17.5 Å². The molecule has 1 aliphatic rings. The Morgan fingerprint density at radius 1 is 1.10 bits per heavy atom. The van der Waals surface area contributed by atoms with E-state index in [1.54, 1.807) is 21.8 Å². The molecular weight excluding hydrogens is 370 g/mol. The molecule has 0 bridgehead atoms. The number of aromatic nitrogens is 5. The largest absolute Gasteiger partial charge is 0.352 e. The minimum atomic E-state index is -0.357. The van der Waals surface area contributed by atoms with Gasteiger partial charge in [-0.3, -0.25) is 14.3 Å². The lowest BCUT2D eigenvalue weighted by Crippen LogP contribution is -2.50. The number of benzene rings is 1. The zero-order valence-electron chi connectivity index (χ0n) is 15.9. The van der Waals surface area contributed by atoms with Crippen LogP contribution in [0.3, 0.4) is 0 Å². The van der Waals surface area contributed by atoms with Crippen molar-refractivity contribution in [3.63, 3.8) is 0 Å². The van der Waals surface area contributed by atoms with Crippen molar-refractivity contribution in [2.45, 2.75) is 0 Å². The van der Waals surface area contributed by atoms with E-state index in [4.69, 9.17) is 0 Å². The van der Waals surface area contributed by atoms with Crippen molar-refractivity contribution in [2.75, 3.05) is 31.1 Å². The molecule has 1 N–H and O–H groups in total. The van der Waals surface area contributed by atoms with Crippen molar-refractivity contribution in [1.82, 2.24) is 29.6 Å². The van der Waals surface area contributed by atoms with Gasteiger partial charge >= 0.3 is 0 Å². The van der Waals surface area contributed by atoms with Crippen molar-refractivity contribution in [3.05, 3.63) is 58.8 Å². The van der Waals surface area contributed by atoms with E-state index in [0.29, 0.717) is 26.2 Å². The number of nitrogens with one attached hydrogen (secondary N) is 1. The van der Waals surface area contributed by atoms with Gasteiger partial charge in [-0.1, -0.05) is 18.2 Å². The van der Waals surface area contributed by atoms with Gasteiger partial charge in [-0.15, -0.1) is 0 Å². The number of nitrogens with zero attached hydrogens (tertiary/aromatic N) is 6. The number of aromatic amines is 1. The standard InChI is InChI=1S/C20H19N7O2/c1-25-17-15(11-23-25)18(22-12-21-17)26-6-8-27(9-7-26)20(29)14-10-13-4-2-3-5-16(13)24-19(14)28/h2-5,10-12H,6-9H2,1H3,(H,24,28). The van der Waals surface area contributed by atoms with E-state index in [-0.39, 0.29) is 17.0 Å². The van der Waals surface area contributed by atoms with E-state index in [2.05, 4.69) is 25.0 Å². The first kappa shape index (κ1) is 17.4. The van der Waals surface area contributed by atoms with Crippen molar-refractivity contribution >= 4 is 33.7 Å². The van der Waals surface area contributed by atoms with Crippen LogP contribution in [0.2, 0.25) is 0 Å². The highest BCUT2D eigenvalue weighted by atomic mass is 16.2. The summed E-state index contributed by atoms with van der Waals surface area (Å²) in [6.07, 6.45) is 3.29. The van der Waals surface area contributed by atoms with Crippen molar-refractivity contribution in [2.24, 2.45) is 7.05 Å². The molecule has 0 unspecified atom stereocenters. The molecule has 146 valence electrons. The van der Waals surface area contributed by atoms with Gasteiger partial charge < -0.3 is 14.8 Å². The van der Waals surface area contributed by atoms with Gasteiger partial charge in [0.1, 0.15) is 17.7 Å². The number of piperazine rings is 1. The number of rotatable bonds is 2. The lowest BCUT2D eigenvalue weighted by atomic mass is 10.1. The second-order valence-corrected chi connectivity index (χ2v) is 7.08. The fourth-order valence-electron chi connectivity index (χ4n) is 3.80. The number of H-pyrrole nitrogens is 1. The van der Waals surface area contributed by atoms with Crippen molar-refractivity contribution in [3.8, 4) is 0 Å². The Labute approximate surface area is 165 Å². The van der Waals surface area contributed by atoms with E-state index in [1.807, 2.05) is 31.3 Å². The minimum Gasteiger partial charge on any atom is -0.352 e. The van der Waals surface area contributed by atoms with Crippen LogP contribution in [-0.2, 0) is 7.05 Å². The second-order valence-electron chi connectivity index (χ2n) is 7.08. The first-order valence-electron chi connectivity index (χ1n) is 9.41. The van der Waals surface area contributed by atoms with Crippen molar-refractivity contribution < 1.29 is 4.79 Å². The smallest absolute Gasteiger partial charge is 0.261 e. The van der Waals surface area contributed by atoms with Gasteiger partial charge in [0, 0.05) is 38.7 Å². The van der Waals surface area contributed by atoms with Gasteiger partial charge in [-0.25, -0.2) is 9.97 Å². The molecule has 1 fully saturated rings. The highest BCUT2D eigenvalue weighted by Gasteiger charge is 2.26. The average Bonchev–Trinajstić information content (AvgIpc) is 3.14. The zero-order valence-corrected chi connectivity index (χ0v) is 15.9. The van der Waals surface area contributed by atoms with Crippen molar-refractivity contribution in [1.29, 1.82) is 0 Å². The van der Waals surface area contributed by atoms with E-state index in [9.17, 15) is 9.59 Å². The van der Waals surface area contributed by atoms with Crippen LogP contribution < -0.4 is 10.5 Å². The first-order chi connectivity index (χ1) is 14.1. The van der Waals surface area contributed by atoms with Gasteiger partial charge in [0.05, 0.1) is 11.6 Å². The van der Waals surface area contributed by atoms with Gasteiger partial charge in [0.2, 0.25) is 0 Å². The third-order valence-corrected chi connectivity index (χ3v) is 5.36. The quantitative estimate of drug-likeness (QED) is 0.552. The average molecular weight is 389 g/mol. The molecule has 4 heterocycles. The molecule has 29 heavy (non-hydrogen) atoms. The van der Waals surface area contributed by atoms with E-state index >= 15 is 0 Å². The van der Waals surface area contributed by atoms with E-state index in [1.165, 1.54) is 6.33 Å². The predicted octanol–water partition coefficient (Wildman–Crippen LogP) is 1.17. The summed E-state index contributed by atoms with van der Waals surface area (Å²) < 4.78 is 1.71. The Bertz CT molecular complexity index is 1280. The summed E-state index contributed by atoms with van der Waals surface area (Å²) >= 11 is 0. The van der Waals surface area contributed by atoms with Gasteiger partial charge in [0.25, 0.3) is 11.5 Å². The lowest BCUT2D eigenvalue weighted by Gasteiger charge is -2.35. The minimum absolute atomic E-state index is 0.175. The normalized spacial score (nSPS) is 14.7. The molecule has 1 saturated heterocycles. The summed E-state index contributed by atoms with van der Waals surface area (Å²) in [5, 5.41) is 5.98. The van der Waals surface area contributed by atoms with E-state index in [0.717, 1.165) is 27.8 Å². The molecule has 9 heteroatoms. The SMILES string of the molecule is Cn1ncc2c(N3CCN(C(=O)c4cc5ccccc5[nH]c4=O)CC3)ncnc21. The molecule has 5 rings (SSSR count). The molecule has 4 aromatic rings. The molecule has 0 atom stereocenters. The molecule has 0 saturated carbocycles. The topological polar surface area (TPSA) is 100 Å². The number of carbonyl (C=O) groups excluding carboxylic acids is 1. The molecule has 0 radical (unpaired) electrons. The molecule has 3 aromatic heterocycles. The van der Waals surface area contributed by atoms with Gasteiger partial charge in [-0.2, -0.15) is 5.10 Å². The Hall–Kier alpha value is -3.75. The number of hydrogen-bond acceptors (Lipinski definition) is 6. The second kappa shape index (κ2) is 6.69. The number of fused-ring (bicyclic) bond motifs is 2. The fraction of sp³-hybridized carbons (Fsp3) is 0.250. The summed E-state index contributed by atoms with van der Waals surface area (Å²) in [5.41, 5.74) is 1.32. The summed E-state index contributed by atoms with van der Waals surface area (Å²) in [6, 6.07) is 9.12. The van der Waals surface area contributed by atoms with Crippen LogP contribution in [0.4, 0.5) is 5.82 Å². The Balaban J connectivity index is 1.37. The number of carbonyl (C=O) groups is 1. The maximum atomic E-state index is 13.0.